The van der Waals surface area contributed by atoms with Gasteiger partial charge in [0.25, 0.3) is 0 Å². The van der Waals surface area contributed by atoms with Gasteiger partial charge in [-0.15, -0.1) is 0 Å². The van der Waals surface area contributed by atoms with E-state index in [1.165, 1.54) is 6.20 Å². The Morgan fingerprint density at radius 1 is 1.28 bits per heavy atom. The van der Waals surface area contributed by atoms with Crippen LogP contribution in [0.2, 0.25) is 10.2 Å². The minimum Gasteiger partial charge on any atom is -0.350 e. The topological polar surface area (TPSA) is 61.6 Å². The van der Waals surface area contributed by atoms with Crippen molar-refractivity contribution in [2.75, 3.05) is 5.32 Å². The molecule has 2 aromatic rings. The van der Waals surface area contributed by atoms with Crippen molar-refractivity contribution in [1.29, 1.82) is 5.26 Å². The van der Waals surface area contributed by atoms with E-state index in [-0.39, 0.29) is 10.7 Å². The molecule has 0 aliphatic carbocycles. The van der Waals surface area contributed by atoms with Crippen LogP contribution in [-0.2, 0) is 6.54 Å². The lowest BCUT2D eigenvalue weighted by atomic mass is 10.2. The van der Waals surface area contributed by atoms with Gasteiger partial charge in [0.15, 0.2) is 5.15 Å². The largest absolute Gasteiger partial charge is 0.350 e. The molecule has 0 radical (unpaired) electrons. The van der Waals surface area contributed by atoms with Gasteiger partial charge in [0.2, 0.25) is 5.95 Å². The fraction of sp³-hybridized carbons (Fsp3) is 0.0833. The van der Waals surface area contributed by atoms with E-state index in [9.17, 15) is 0 Å². The summed E-state index contributed by atoms with van der Waals surface area (Å²) in [5.41, 5.74) is 1.18. The number of hydrogen-bond donors (Lipinski definition) is 1. The highest BCUT2D eigenvalue weighted by molar-refractivity contribution is 6.31. The lowest BCUT2D eigenvalue weighted by molar-refractivity contribution is 1.05. The van der Waals surface area contributed by atoms with E-state index in [4.69, 9.17) is 28.5 Å². The summed E-state index contributed by atoms with van der Waals surface area (Å²) < 4.78 is 0. The summed E-state index contributed by atoms with van der Waals surface area (Å²) in [5, 5.41) is 12.5. The van der Waals surface area contributed by atoms with Crippen LogP contribution >= 0.6 is 23.2 Å². The van der Waals surface area contributed by atoms with E-state index in [0.29, 0.717) is 17.5 Å². The number of hydrogen-bond acceptors (Lipinski definition) is 4. The molecule has 0 aliphatic rings. The fourth-order valence-corrected chi connectivity index (χ4v) is 1.71. The average Bonchev–Trinajstić information content (AvgIpc) is 2.38. The molecule has 0 unspecified atom stereocenters. The van der Waals surface area contributed by atoms with Crippen molar-refractivity contribution >= 4 is 29.2 Å². The van der Waals surface area contributed by atoms with Gasteiger partial charge < -0.3 is 5.32 Å². The lowest BCUT2D eigenvalue weighted by Crippen LogP contribution is -2.04. The van der Waals surface area contributed by atoms with Gasteiger partial charge in [-0.2, -0.15) is 10.2 Å². The Morgan fingerprint density at radius 2 is 2.06 bits per heavy atom. The highest BCUT2D eigenvalue weighted by Gasteiger charge is 2.05. The quantitative estimate of drug-likeness (QED) is 0.876. The second-order valence-corrected chi connectivity index (χ2v) is 4.22. The van der Waals surface area contributed by atoms with Crippen LogP contribution in [0.5, 0.6) is 0 Å². The molecule has 0 saturated carbocycles. The van der Waals surface area contributed by atoms with Crippen molar-refractivity contribution < 1.29 is 0 Å². The molecule has 2 rings (SSSR count). The summed E-state index contributed by atoms with van der Waals surface area (Å²) >= 11 is 11.8. The van der Waals surface area contributed by atoms with Crippen molar-refractivity contribution in [2.24, 2.45) is 0 Å². The molecule has 0 spiro atoms. The van der Waals surface area contributed by atoms with Crippen LogP contribution in [-0.4, -0.2) is 9.97 Å². The fourth-order valence-electron chi connectivity index (χ4n) is 1.34. The molecule has 0 bridgehead atoms. The van der Waals surface area contributed by atoms with Gasteiger partial charge in [0, 0.05) is 11.6 Å². The third-order valence-corrected chi connectivity index (χ3v) is 2.91. The Morgan fingerprint density at radius 3 is 2.72 bits per heavy atom. The maximum atomic E-state index is 8.70. The Kier molecular flexibility index (Phi) is 3.98. The van der Waals surface area contributed by atoms with Crippen molar-refractivity contribution in [2.45, 2.75) is 6.54 Å². The Balaban J connectivity index is 2.10. The van der Waals surface area contributed by atoms with Crippen molar-refractivity contribution in [3.8, 4) is 6.07 Å². The highest BCUT2D eigenvalue weighted by Crippen LogP contribution is 2.17. The minimum atomic E-state index is 0.133. The summed E-state index contributed by atoms with van der Waals surface area (Å²) in [4.78, 5) is 7.95. The molecular formula is C12H8Cl2N4. The molecule has 4 nitrogen and oxygen atoms in total. The molecule has 1 aromatic carbocycles. The predicted molar refractivity (Wildman–Crippen MR) is 70.5 cm³/mol. The number of aromatic nitrogens is 2. The number of nitriles is 1. The predicted octanol–water partition coefficient (Wildman–Crippen LogP) is 3.27. The zero-order valence-electron chi connectivity index (χ0n) is 9.19. The Labute approximate surface area is 114 Å². The smallest absolute Gasteiger partial charge is 0.224 e. The molecule has 0 saturated heterocycles. The first-order chi connectivity index (χ1) is 8.70. The van der Waals surface area contributed by atoms with Gasteiger partial charge in [-0.1, -0.05) is 41.4 Å². The second-order valence-electron chi connectivity index (χ2n) is 3.45. The molecule has 0 atom stereocenters. The first kappa shape index (κ1) is 12.6. The minimum absolute atomic E-state index is 0.133. The van der Waals surface area contributed by atoms with E-state index >= 15 is 0 Å². The highest BCUT2D eigenvalue weighted by atomic mass is 35.5. The first-order valence-electron chi connectivity index (χ1n) is 5.10. The van der Waals surface area contributed by atoms with E-state index in [1.807, 2.05) is 30.3 Å². The van der Waals surface area contributed by atoms with Crippen molar-refractivity contribution in [1.82, 2.24) is 9.97 Å². The van der Waals surface area contributed by atoms with Gasteiger partial charge in [0.05, 0.1) is 6.20 Å². The molecule has 0 amide bonds. The summed E-state index contributed by atoms with van der Waals surface area (Å²) in [7, 11) is 0. The van der Waals surface area contributed by atoms with Gasteiger partial charge in [-0.25, -0.2) is 4.98 Å². The summed E-state index contributed by atoms with van der Waals surface area (Å²) in [6.07, 6.45) is 1.38. The third kappa shape index (κ3) is 2.89. The van der Waals surface area contributed by atoms with E-state index in [0.717, 1.165) is 5.56 Å². The molecular weight excluding hydrogens is 271 g/mol. The maximum Gasteiger partial charge on any atom is 0.224 e. The maximum absolute atomic E-state index is 8.70. The van der Waals surface area contributed by atoms with Gasteiger partial charge in [-0.05, 0) is 11.6 Å². The normalized spacial score (nSPS) is 9.83. The number of anilines is 1. The van der Waals surface area contributed by atoms with Crippen LogP contribution in [0.1, 0.15) is 11.1 Å². The van der Waals surface area contributed by atoms with Gasteiger partial charge >= 0.3 is 0 Å². The van der Waals surface area contributed by atoms with Gasteiger partial charge in [-0.3, -0.25) is 0 Å². The standard InChI is InChI=1S/C12H8Cl2N4/c13-10-4-2-1-3-8(10)6-16-12-17-7-9(5-15)11(14)18-12/h1-4,7H,6H2,(H,16,17,18). The second kappa shape index (κ2) is 5.67. The Bertz CT molecular complexity index is 607. The number of nitrogens with zero attached hydrogens (tertiary/aromatic N) is 3. The lowest BCUT2D eigenvalue weighted by Gasteiger charge is -2.06. The van der Waals surface area contributed by atoms with E-state index in [2.05, 4.69) is 15.3 Å². The number of nitrogens with one attached hydrogen (secondary N) is 1. The van der Waals surface area contributed by atoms with Crippen LogP contribution < -0.4 is 5.32 Å². The first-order valence-corrected chi connectivity index (χ1v) is 5.86. The van der Waals surface area contributed by atoms with E-state index in [1.54, 1.807) is 0 Å². The number of halogens is 2. The summed E-state index contributed by atoms with van der Waals surface area (Å²) in [5.74, 6) is 0.360. The van der Waals surface area contributed by atoms with Crippen LogP contribution in [0.25, 0.3) is 0 Å². The zero-order chi connectivity index (χ0) is 13.0. The molecule has 1 aromatic heterocycles. The molecule has 6 heteroatoms. The number of rotatable bonds is 3. The summed E-state index contributed by atoms with van der Waals surface area (Å²) in [6, 6.07) is 9.37. The molecule has 0 fully saturated rings. The van der Waals surface area contributed by atoms with Crippen molar-refractivity contribution in [3.63, 3.8) is 0 Å². The molecule has 18 heavy (non-hydrogen) atoms. The third-order valence-electron chi connectivity index (χ3n) is 2.26. The van der Waals surface area contributed by atoms with Crippen LogP contribution in [0.15, 0.2) is 30.5 Å². The SMILES string of the molecule is N#Cc1cnc(NCc2ccccc2Cl)nc1Cl. The van der Waals surface area contributed by atoms with Crippen LogP contribution in [0, 0.1) is 11.3 Å². The zero-order valence-corrected chi connectivity index (χ0v) is 10.7. The molecule has 90 valence electrons. The molecule has 0 aliphatic heterocycles. The van der Waals surface area contributed by atoms with Crippen LogP contribution in [0.3, 0.4) is 0 Å². The summed E-state index contributed by atoms with van der Waals surface area (Å²) in [6.45, 7) is 0.488. The molecule has 1 N–H and O–H groups in total. The van der Waals surface area contributed by atoms with Crippen molar-refractivity contribution in [3.05, 3.63) is 51.8 Å². The Hall–Kier alpha value is -1.83. The number of benzene rings is 1. The monoisotopic (exact) mass is 278 g/mol. The molecule has 1 heterocycles. The van der Waals surface area contributed by atoms with Gasteiger partial charge in [0.1, 0.15) is 11.6 Å². The van der Waals surface area contributed by atoms with E-state index < -0.39 is 0 Å². The average molecular weight is 279 g/mol. The van der Waals surface area contributed by atoms with Crippen LogP contribution in [0.4, 0.5) is 5.95 Å².